The quantitative estimate of drug-likeness (QED) is 0.769. The number of carbonyl (C=O) groups excluding carboxylic acids is 2. The zero-order chi connectivity index (χ0) is 18.1. The Kier molecular flexibility index (Phi) is 7.05. The molecule has 0 atom stereocenters. The number of ether oxygens (including phenoxy) is 1. The molecule has 0 unspecified atom stereocenters. The highest BCUT2D eigenvalue weighted by atomic mass is 32.2. The summed E-state index contributed by atoms with van der Waals surface area (Å²) in [6, 6.07) is 16.1. The van der Waals surface area contributed by atoms with Crippen LogP contribution in [0.4, 0.5) is 5.69 Å². The van der Waals surface area contributed by atoms with Crippen LogP contribution in [-0.4, -0.2) is 24.2 Å². The molecule has 0 saturated heterocycles. The molecule has 0 aliphatic heterocycles. The van der Waals surface area contributed by atoms with Gasteiger partial charge in [-0.15, -0.1) is 11.8 Å². The van der Waals surface area contributed by atoms with E-state index in [0.717, 1.165) is 5.56 Å². The predicted molar refractivity (Wildman–Crippen MR) is 98.3 cm³/mol. The van der Waals surface area contributed by atoms with Crippen molar-refractivity contribution in [3.05, 3.63) is 65.2 Å². The van der Waals surface area contributed by atoms with E-state index < -0.39 is 5.97 Å². The SMILES string of the molecule is CCOC(=O)c1ccccc1NC(=O)CSCc1cccc(C#N)c1. The van der Waals surface area contributed by atoms with Crippen LogP contribution in [0.1, 0.15) is 28.4 Å². The summed E-state index contributed by atoms with van der Waals surface area (Å²) >= 11 is 1.44. The van der Waals surface area contributed by atoms with Crippen molar-refractivity contribution in [3.63, 3.8) is 0 Å². The molecule has 0 spiro atoms. The lowest BCUT2D eigenvalue weighted by molar-refractivity contribution is -0.113. The van der Waals surface area contributed by atoms with Crippen molar-refractivity contribution in [1.29, 1.82) is 5.26 Å². The number of benzene rings is 2. The van der Waals surface area contributed by atoms with Crippen molar-refractivity contribution in [1.82, 2.24) is 0 Å². The monoisotopic (exact) mass is 354 g/mol. The molecular weight excluding hydrogens is 336 g/mol. The second-order valence-electron chi connectivity index (χ2n) is 5.12. The van der Waals surface area contributed by atoms with Crippen LogP contribution in [0.5, 0.6) is 0 Å². The van der Waals surface area contributed by atoms with E-state index in [1.54, 1.807) is 43.3 Å². The first-order valence-corrected chi connectivity index (χ1v) is 8.92. The zero-order valence-electron chi connectivity index (χ0n) is 13.8. The van der Waals surface area contributed by atoms with E-state index in [2.05, 4.69) is 11.4 Å². The number of thioether (sulfide) groups is 1. The molecule has 2 aromatic carbocycles. The lowest BCUT2D eigenvalue weighted by Crippen LogP contribution is -2.17. The van der Waals surface area contributed by atoms with Gasteiger partial charge in [0.1, 0.15) is 0 Å². The number of hydrogen-bond donors (Lipinski definition) is 1. The minimum absolute atomic E-state index is 0.196. The molecule has 1 amide bonds. The molecule has 128 valence electrons. The number of nitrogens with one attached hydrogen (secondary N) is 1. The number of nitrogens with zero attached hydrogens (tertiary/aromatic N) is 1. The number of nitriles is 1. The maximum Gasteiger partial charge on any atom is 0.340 e. The van der Waals surface area contributed by atoms with Crippen LogP contribution in [0.15, 0.2) is 48.5 Å². The molecule has 0 aromatic heterocycles. The Morgan fingerprint density at radius 3 is 2.76 bits per heavy atom. The summed E-state index contributed by atoms with van der Waals surface area (Å²) in [6.45, 7) is 2.01. The molecule has 1 N–H and O–H groups in total. The predicted octanol–water partition coefficient (Wildman–Crippen LogP) is 3.61. The summed E-state index contributed by atoms with van der Waals surface area (Å²) in [5.74, 6) is 0.216. The zero-order valence-corrected chi connectivity index (χ0v) is 14.6. The van der Waals surface area contributed by atoms with Crippen LogP contribution in [0.3, 0.4) is 0 Å². The van der Waals surface area contributed by atoms with Gasteiger partial charge in [-0.25, -0.2) is 4.79 Å². The highest BCUT2D eigenvalue weighted by Crippen LogP contribution is 2.18. The summed E-state index contributed by atoms with van der Waals surface area (Å²) in [6.07, 6.45) is 0. The van der Waals surface area contributed by atoms with Gasteiger partial charge in [0.05, 0.1) is 35.2 Å². The first-order valence-electron chi connectivity index (χ1n) is 7.76. The Balaban J connectivity index is 1.90. The molecule has 0 bridgehead atoms. The van der Waals surface area contributed by atoms with Crippen LogP contribution in [0.25, 0.3) is 0 Å². The third kappa shape index (κ3) is 5.66. The second kappa shape index (κ2) is 9.50. The van der Waals surface area contributed by atoms with Gasteiger partial charge >= 0.3 is 5.97 Å². The van der Waals surface area contributed by atoms with E-state index in [-0.39, 0.29) is 18.3 Å². The number of amides is 1. The van der Waals surface area contributed by atoms with Gasteiger partial charge in [0.15, 0.2) is 0 Å². The molecule has 25 heavy (non-hydrogen) atoms. The van der Waals surface area contributed by atoms with Gasteiger partial charge in [-0.1, -0.05) is 24.3 Å². The molecule has 0 heterocycles. The summed E-state index contributed by atoms with van der Waals surface area (Å²) < 4.78 is 4.99. The molecule has 2 aromatic rings. The maximum absolute atomic E-state index is 12.1. The van der Waals surface area contributed by atoms with Gasteiger partial charge in [0.2, 0.25) is 5.91 Å². The molecular formula is C19H18N2O3S. The molecule has 5 nitrogen and oxygen atoms in total. The Bertz CT molecular complexity index is 799. The van der Waals surface area contributed by atoms with E-state index in [0.29, 0.717) is 22.6 Å². The second-order valence-corrected chi connectivity index (χ2v) is 6.10. The van der Waals surface area contributed by atoms with Crippen LogP contribution in [0.2, 0.25) is 0 Å². The Hall–Kier alpha value is -2.78. The maximum atomic E-state index is 12.1. The molecule has 6 heteroatoms. The summed E-state index contributed by atoms with van der Waals surface area (Å²) in [5.41, 5.74) is 2.37. The van der Waals surface area contributed by atoms with Crippen LogP contribution in [-0.2, 0) is 15.3 Å². The first-order chi connectivity index (χ1) is 12.1. The largest absolute Gasteiger partial charge is 0.462 e. The Labute approximate surface area is 151 Å². The molecule has 0 aliphatic carbocycles. The van der Waals surface area contributed by atoms with Gasteiger partial charge in [0.25, 0.3) is 0 Å². The molecule has 2 rings (SSSR count). The van der Waals surface area contributed by atoms with Crippen molar-refractivity contribution in [3.8, 4) is 6.07 Å². The number of para-hydroxylation sites is 1. The number of carbonyl (C=O) groups is 2. The van der Waals surface area contributed by atoms with Crippen molar-refractivity contribution < 1.29 is 14.3 Å². The van der Waals surface area contributed by atoms with Crippen molar-refractivity contribution in [2.75, 3.05) is 17.7 Å². The van der Waals surface area contributed by atoms with Crippen LogP contribution < -0.4 is 5.32 Å². The van der Waals surface area contributed by atoms with E-state index in [4.69, 9.17) is 10.00 Å². The normalized spacial score (nSPS) is 9.92. The molecule has 0 aliphatic rings. The highest BCUT2D eigenvalue weighted by Gasteiger charge is 2.13. The highest BCUT2D eigenvalue weighted by molar-refractivity contribution is 7.99. The smallest absolute Gasteiger partial charge is 0.340 e. The van der Waals surface area contributed by atoms with Crippen molar-refractivity contribution in [2.24, 2.45) is 0 Å². The Morgan fingerprint density at radius 2 is 2.00 bits per heavy atom. The molecule has 0 saturated carbocycles. The van der Waals surface area contributed by atoms with Gasteiger partial charge < -0.3 is 10.1 Å². The van der Waals surface area contributed by atoms with E-state index >= 15 is 0 Å². The molecule has 0 radical (unpaired) electrons. The summed E-state index contributed by atoms with van der Waals surface area (Å²) in [7, 11) is 0. The van der Waals surface area contributed by atoms with Crippen molar-refractivity contribution in [2.45, 2.75) is 12.7 Å². The Morgan fingerprint density at radius 1 is 1.20 bits per heavy atom. The number of esters is 1. The van der Waals surface area contributed by atoms with Gasteiger partial charge in [-0.05, 0) is 36.8 Å². The average molecular weight is 354 g/mol. The van der Waals surface area contributed by atoms with Crippen LogP contribution in [0, 0.1) is 11.3 Å². The summed E-state index contributed by atoms with van der Waals surface area (Å²) in [5, 5.41) is 11.6. The fourth-order valence-corrected chi connectivity index (χ4v) is 2.93. The van der Waals surface area contributed by atoms with E-state index in [1.165, 1.54) is 11.8 Å². The minimum atomic E-state index is -0.459. The third-order valence-electron chi connectivity index (χ3n) is 3.25. The van der Waals surface area contributed by atoms with Crippen molar-refractivity contribution >= 4 is 29.3 Å². The van der Waals surface area contributed by atoms with Gasteiger partial charge in [-0.3, -0.25) is 4.79 Å². The van der Waals surface area contributed by atoms with E-state index in [1.807, 2.05) is 12.1 Å². The number of rotatable bonds is 7. The van der Waals surface area contributed by atoms with Gasteiger partial charge in [-0.2, -0.15) is 5.26 Å². The average Bonchev–Trinajstić information content (AvgIpc) is 2.62. The standard InChI is InChI=1S/C19H18N2O3S/c1-2-24-19(23)16-8-3-4-9-17(16)21-18(22)13-25-12-15-7-5-6-14(10-15)11-20/h3-10H,2,12-13H2,1H3,(H,21,22). The first kappa shape index (κ1) is 18.6. The number of hydrogen-bond acceptors (Lipinski definition) is 5. The van der Waals surface area contributed by atoms with Gasteiger partial charge in [0, 0.05) is 5.75 Å². The fourth-order valence-electron chi connectivity index (χ4n) is 2.16. The summed E-state index contributed by atoms with van der Waals surface area (Å²) in [4.78, 5) is 24.0. The lowest BCUT2D eigenvalue weighted by atomic mass is 10.2. The lowest BCUT2D eigenvalue weighted by Gasteiger charge is -2.10. The minimum Gasteiger partial charge on any atom is -0.462 e. The molecule has 0 fully saturated rings. The third-order valence-corrected chi connectivity index (χ3v) is 4.26. The topological polar surface area (TPSA) is 79.2 Å². The fraction of sp³-hybridized carbons (Fsp3) is 0.211. The number of anilines is 1. The van der Waals surface area contributed by atoms with E-state index in [9.17, 15) is 9.59 Å². The van der Waals surface area contributed by atoms with Crippen LogP contribution >= 0.6 is 11.8 Å².